The average Bonchev–Trinajstić information content (AvgIpc) is 3.47. The first-order chi connectivity index (χ1) is 15.4. The first-order valence-electron chi connectivity index (χ1n) is 9.74. The fraction of sp³-hybridized carbons (Fsp3) is 0.300. The highest BCUT2D eigenvalue weighted by molar-refractivity contribution is 7.91. The predicted octanol–water partition coefficient (Wildman–Crippen LogP) is 3.63. The number of nitrogens with one attached hydrogen (secondary N) is 1. The van der Waals surface area contributed by atoms with Gasteiger partial charge in [-0.3, -0.25) is 4.79 Å². The summed E-state index contributed by atoms with van der Waals surface area (Å²) in [7, 11) is -1.97. The minimum absolute atomic E-state index is 0.202. The van der Waals surface area contributed by atoms with Crippen molar-refractivity contribution in [3.05, 3.63) is 57.4 Å². The van der Waals surface area contributed by atoms with E-state index in [-0.39, 0.29) is 23.2 Å². The molecule has 3 heterocycles. The molecule has 0 atom stereocenters. The van der Waals surface area contributed by atoms with Gasteiger partial charge in [-0.1, -0.05) is 23.7 Å². The van der Waals surface area contributed by atoms with E-state index < -0.39 is 10.0 Å². The molecule has 1 amide bonds. The second-order valence-electron chi connectivity index (χ2n) is 7.00. The number of thiazole rings is 1. The molecule has 2 aromatic heterocycles. The number of piperazine rings is 1. The molecular formula is C20H21ClN4O4S3. The maximum absolute atomic E-state index is 12.8. The Labute approximate surface area is 199 Å². The second-order valence-corrected chi connectivity index (χ2v) is 11.7. The van der Waals surface area contributed by atoms with Gasteiger partial charge in [0.1, 0.15) is 15.7 Å². The summed E-state index contributed by atoms with van der Waals surface area (Å²) >= 11 is 8.27. The van der Waals surface area contributed by atoms with E-state index in [9.17, 15) is 13.2 Å². The van der Waals surface area contributed by atoms with Gasteiger partial charge in [0.05, 0.1) is 11.4 Å². The highest BCUT2D eigenvalue weighted by Gasteiger charge is 2.32. The molecular weight excluding hydrogens is 492 g/mol. The second kappa shape index (κ2) is 9.75. The lowest BCUT2D eigenvalue weighted by Gasteiger charge is -2.33. The van der Waals surface area contributed by atoms with Crippen molar-refractivity contribution < 1.29 is 17.9 Å². The molecule has 170 valence electrons. The van der Waals surface area contributed by atoms with Crippen molar-refractivity contribution in [1.82, 2.24) is 14.2 Å². The van der Waals surface area contributed by atoms with Gasteiger partial charge in [0.25, 0.3) is 15.9 Å². The number of halogens is 1. The summed E-state index contributed by atoms with van der Waals surface area (Å²) in [4.78, 5) is 18.9. The summed E-state index contributed by atoms with van der Waals surface area (Å²) in [6.45, 7) is 1.63. The standard InChI is InChI=1S/C20H21ClN4O4S3/c1-29-15-4-2-3-14(11-15)12-22-20-23-16(13-30-20)19(26)24-7-9-25(10-8-24)32(27,28)18-6-5-17(21)31-18/h2-6,11,13H,7-10,12H2,1H3,(H,22,23). The summed E-state index contributed by atoms with van der Waals surface area (Å²) in [5, 5.41) is 5.58. The predicted molar refractivity (Wildman–Crippen MR) is 126 cm³/mol. The Morgan fingerprint density at radius 1 is 1.22 bits per heavy atom. The number of rotatable bonds is 7. The number of hydrogen-bond acceptors (Lipinski definition) is 8. The molecule has 8 nitrogen and oxygen atoms in total. The first-order valence-corrected chi connectivity index (χ1v) is 13.3. The smallest absolute Gasteiger partial charge is 0.273 e. The van der Waals surface area contributed by atoms with E-state index in [0.29, 0.717) is 34.8 Å². The van der Waals surface area contributed by atoms with Crippen molar-refractivity contribution >= 4 is 55.3 Å². The highest BCUT2D eigenvalue weighted by atomic mass is 35.5. The Bertz CT molecular complexity index is 1200. The number of ether oxygens (including phenoxy) is 1. The normalized spacial score (nSPS) is 15.0. The monoisotopic (exact) mass is 512 g/mol. The molecule has 1 aromatic carbocycles. The van der Waals surface area contributed by atoms with E-state index in [1.165, 1.54) is 21.7 Å². The van der Waals surface area contributed by atoms with Gasteiger partial charge < -0.3 is 15.0 Å². The Morgan fingerprint density at radius 3 is 2.69 bits per heavy atom. The first kappa shape index (κ1) is 23.0. The number of sulfonamides is 1. The SMILES string of the molecule is COc1cccc(CNc2nc(C(=O)N3CCN(S(=O)(=O)c4ccc(Cl)s4)CC3)cs2)c1. The zero-order valence-electron chi connectivity index (χ0n) is 17.2. The van der Waals surface area contributed by atoms with Crippen LogP contribution >= 0.6 is 34.3 Å². The number of carbonyl (C=O) groups is 1. The third-order valence-corrected chi connectivity index (χ3v) is 9.37. The number of thiophene rings is 1. The quantitative estimate of drug-likeness (QED) is 0.520. The minimum atomic E-state index is -3.59. The number of nitrogens with zero attached hydrogens (tertiary/aromatic N) is 3. The van der Waals surface area contributed by atoms with Crippen LogP contribution in [0.3, 0.4) is 0 Å². The Balaban J connectivity index is 1.33. The fourth-order valence-electron chi connectivity index (χ4n) is 3.27. The molecule has 1 saturated heterocycles. The van der Waals surface area contributed by atoms with Crippen LogP contribution in [0.4, 0.5) is 5.13 Å². The Morgan fingerprint density at radius 2 is 2.00 bits per heavy atom. The molecule has 0 aliphatic carbocycles. The number of carbonyl (C=O) groups excluding carboxylic acids is 1. The molecule has 1 fully saturated rings. The summed E-state index contributed by atoms with van der Waals surface area (Å²) in [6, 6.07) is 10.8. The van der Waals surface area contributed by atoms with Crippen LogP contribution in [-0.2, 0) is 16.6 Å². The lowest BCUT2D eigenvalue weighted by atomic mass is 10.2. The average molecular weight is 513 g/mol. The van der Waals surface area contributed by atoms with Crippen molar-refractivity contribution in [3.8, 4) is 5.75 Å². The molecule has 1 aliphatic heterocycles. The number of aromatic nitrogens is 1. The van der Waals surface area contributed by atoms with Crippen LogP contribution < -0.4 is 10.1 Å². The lowest BCUT2D eigenvalue weighted by Crippen LogP contribution is -2.50. The largest absolute Gasteiger partial charge is 0.497 e. The topological polar surface area (TPSA) is 91.8 Å². The van der Waals surface area contributed by atoms with Gasteiger partial charge in [-0.05, 0) is 29.8 Å². The molecule has 32 heavy (non-hydrogen) atoms. The van der Waals surface area contributed by atoms with Crippen molar-refractivity contribution in [2.75, 3.05) is 38.6 Å². The van der Waals surface area contributed by atoms with E-state index in [0.717, 1.165) is 22.6 Å². The zero-order chi connectivity index (χ0) is 22.7. The van der Waals surface area contributed by atoms with E-state index >= 15 is 0 Å². The summed E-state index contributed by atoms with van der Waals surface area (Å²) < 4.78 is 32.7. The van der Waals surface area contributed by atoms with Crippen LogP contribution in [0.1, 0.15) is 16.1 Å². The molecule has 4 rings (SSSR count). The molecule has 3 aromatic rings. The van der Waals surface area contributed by atoms with Gasteiger partial charge in [0, 0.05) is 38.1 Å². The third kappa shape index (κ3) is 5.07. The van der Waals surface area contributed by atoms with Gasteiger partial charge in [-0.2, -0.15) is 4.31 Å². The van der Waals surface area contributed by atoms with Crippen LogP contribution in [0.5, 0.6) is 5.75 Å². The number of amides is 1. The molecule has 12 heteroatoms. The van der Waals surface area contributed by atoms with Gasteiger partial charge in [0.15, 0.2) is 5.13 Å². The van der Waals surface area contributed by atoms with E-state index in [1.807, 2.05) is 24.3 Å². The van der Waals surface area contributed by atoms with Gasteiger partial charge >= 0.3 is 0 Å². The fourth-order valence-corrected chi connectivity index (χ4v) is 7.01. The number of anilines is 1. The van der Waals surface area contributed by atoms with E-state index in [1.54, 1.807) is 23.5 Å². The molecule has 0 spiro atoms. The van der Waals surface area contributed by atoms with Crippen LogP contribution in [0.2, 0.25) is 4.34 Å². The van der Waals surface area contributed by atoms with Crippen LogP contribution in [0.25, 0.3) is 0 Å². The molecule has 1 N–H and O–H groups in total. The van der Waals surface area contributed by atoms with Gasteiger partial charge in [0.2, 0.25) is 0 Å². The van der Waals surface area contributed by atoms with Gasteiger partial charge in [-0.15, -0.1) is 22.7 Å². The number of hydrogen-bond donors (Lipinski definition) is 1. The zero-order valence-corrected chi connectivity index (χ0v) is 20.4. The third-order valence-electron chi connectivity index (χ3n) is 4.97. The van der Waals surface area contributed by atoms with Crippen molar-refractivity contribution in [3.63, 3.8) is 0 Å². The van der Waals surface area contributed by atoms with Crippen molar-refractivity contribution in [1.29, 1.82) is 0 Å². The molecule has 0 radical (unpaired) electrons. The summed E-state index contributed by atoms with van der Waals surface area (Å²) in [6.07, 6.45) is 0. The summed E-state index contributed by atoms with van der Waals surface area (Å²) in [5.74, 6) is 0.578. The maximum atomic E-state index is 12.8. The van der Waals surface area contributed by atoms with Gasteiger partial charge in [-0.25, -0.2) is 13.4 Å². The van der Waals surface area contributed by atoms with Crippen LogP contribution in [-0.4, -0.2) is 61.8 Å². The molecule has 1 aliphatic rings. The van der Waals surface area contributed by atoms with Crippen LogP contribution in [0, 0.1) is 0 Å². The van der Waals surface area contributed by atoms with Crippen molar-refractivity contribution in [2.24, 2.45) is 0 Å². The molecule has 0 unspecified atom stereocenters. The van der Waals surface area contributed by atoms with E-state index in [2.05, 4.69) is 10.3 Å². The number of methoxy groups -OCH3 is 1. The van der Waals surface area contributed by atoms with E-state index in [4.69, 9.17) is 16.3 Å². The molecule has 0 bridgehead atoms. The maximum Gasteiger partial charge on any atom is 0.273 e. The Kier molecular flexibility index (Phi) is 7.01. The van der Waals surface area contributed by atoms with Crippen molar-refractivity contribution in [2.45, 2.75) is 10.8 Å². The highest BCUT2D eigenvalue weighted by Crippen LogP contribution is 2.29. The summed E-state index contributed by atoms with van der Waals surface area (Å²) in [5.41, 5.74) is 1.39. The van der Waals surface area contributed by atoms with Crippen LogP contribution in [0.15, 0.2) is 46.0 Å². The number of benzene rings is 1. The lowest BCUT2D eigenvalue weighted by molar-refractivity contribution is 0.0693. The minimum Gasteiger partial charge on any atom is -0.497 e. The molecule has 0 saturated carbocycles. The Hall–Kier alpha value is -2.18.